The minimum atomic E-state index is -0.900. The lowest BCUT2D eigenvalue weighted by Gasteiger charge is -2.21. The van der Waals surface area contributed by atoms with Gasteiger partial charge in [0.2, 0.25) is 0 Å². The Hall–Kier alpha value is -3.09. The number of pyridine rings is 2. The van der Waals surface area contributed by atoms with Crippen molar-refractivity contribution in [1.29, 1.82) is 0 Å². The summed E-state index contributed by atoms with van der Waals surface area (Å²) in [7, 11) is 0. The highest BCUT2D eigenvalue weighted by atomic mass is 16.5. The van der Waals surface area contributed by atoms with Gasteiger partial charge in [-0.25, -0.2) is 9.79 Å². The average molecular weight is 394 g/mol. The third-order valence-corrected chi connectivity index (χ3v) is 5.34. The van der Waals surface area contributed by atoms with E-state index in [4.69, 9.17) is 4.74 Å². The standard InChI is InChI=1S/C22H26N4O3/c1-6-15-11-16(20(27)29-14(4)17-9-7-8-10-23-17)18(24-12-15)19-25-21(28)22(5,26-19)13(2)3/h7-14H,6H2,1-5H3,(H,25,26,28). The van der Waals surface area contributed by atoms with E-state index in [2.05, 4.69) is 20.3 Å². The summed E-state index contributed by atoms with van der Waals surface area (Å²) in [5.41, 5.74) is 1.24. The predicted molar refractivity (Wildman–Crippen MR) is 110 cm³/mol. The fourth-order valence-electron chi connectivity index (χ4n) is 3.00. The lowest BCUT2D eigenvalue weighted by atomic mass is 9.89. The molecule has 1 aliphatic heterocycles. The summed E-state index contributed by atoms with van der Waals surface area (Å²) < 4.78 is 5.64. The van der Waals surface area contributed by atoms with Crippen LogP contribution in [-0.4, -0.2) is 33.2 Å². The van der Waals surface area contributed by atoms with Crippen LogP contribution in [0.3, 0.4) is 0 Å². The van der Waals surface area contributed by atoms with Crippen LogP contribution >= 0.6 is 0 Å². The van der Waals surface area contributed by atoms with Crippen LogP contribution in [-0.2, 0) is 16.0 Å². The van der Waals surface area contributed by atoms with Gasteiger partial charge in [-0.3, -0.25) is 14.8 Å². The lowest BCUT2D eigenvalue weighted by molar-refractivity contribution is -0.124. The number of esters is 1. The van der Waals surface area contributed by atoms with E-state index in [1.54, 1.807) is 44.4 Å². The largest absolute Gasteiger partial charge is 0.452 e. The molecule has 1 amide bonds. The molecule has 0 bridgehead atoms. The maximum absolute atomic E-state index is 13.0. The van der Waals surface area contributed by atoms with Crippen LogP contribution in [0.15, 0.2) is 41.7 Å². The molecule has 3 heterocycles. The van der Waals surface area contributed by atoms with Crippen molar-refractivity contribution in [2.45, 2.75) is 52.7 Å². The molecule has 0 aliphatic carbocycles. The second kappa shape index (κ2) is 8.11. The monoisotopic (exact) mass is 394 g/mol. The van der Waals surface area contributed by atoms with Crippen LogP contribution in [0.25, 0.3) is 0 Å². The van der Waals surface area contributed by atoms with E-state index in [1.807, 2.05) is 26.8 Å². The van der Waals surface area contributed by atoms with Crippen LogP contribution in [0, 0.1) is 5.92 Å². The third-order valence-electron chi connectivity index (χ3n) is 5.34. The minimum absolute atomic E-state index is 0.00510. The Labute approximate surface area is 170 Å². The summed E-state index contributed by atoms with van der Waals surface area (Å²) in [4.78, 5) is 38.7. The molecule has 7 nitrogen and oxygen atoms in total. The van der Waals surface area contributed by atoms with E-state index >= 15 is 0 Å². The highest BCUT2D eigenvalue weighted by molar-refractivity contribution is 6.17. The van der Waals surface area contributed by atoms with Gasteiger partial charge < -0.3 is 10.1 Å². The van der Waals surface area contributed by atoms with E-state index in [-0.39, 0.29) is 17.4 Å². The van der Waals surface area contributed by atoms with Gasteiger partial charge in [-0.15, -0.1) is 0 Å². The number of hydrogen-bond acceptors (Lipinski definition) is 6. The molecule has 3 rings (SSSR count). The van der Waals surface area contributed by atoms with Crippen LogP contribution < -0.4 is 5.32 Å². The molecule has 1 N–H and O–H groups in total. The van der Waals surface area contributed by atoms with Crippen LogP contribution in [0.5, 0.6) is 0 Å². The van der Waals surface area contributed by atoms with Crippen LogP contribution in [0.4, 0.5) is 0 Å². The number of aryl methyl sites for hydroxylation is 1. The van der Waals surface area contributed by atoms with E-state index in [0.717, 1.165) is 5.56 Å². The smallest absolute Gasteiger partial charge is 0.341 e. The van der Waals surface area contributed by atoms with Crippen LogP contribution in [0.1, 0.15) is 68.0 Å². The molecule has 2 aromatic heterocycles. The summed E-state index contributed by atoms with van der Waals surface area (Å²) in [5.74, 6) is -0.443. The van der Waals surface area contributed by atoms with Gasteiger partial charge in [0.15, 0.2) is 5.84 Å². The molecule has 0 saturated heterocycles. The Morgan fingerprint density at radius 2 is 2.00 bits per heavy atom. The van der Waals surface area contributed by atoms with Crippen molar-refractivity contribution >= 4 is 17.7 Å². The summed E-state index contributed by atoms with van der Waals surface area (Å²) in [6.07, 6.45) is 3.53. The van der Waals surface area contributed by atoms with Gasteiger partial charge in [-0.1, -0.05) is 26.8 Å². The number of aliphatic imine (C=N–C) groups is 1. The van der Waals surface area contributed by atoms with Crippen molar-refractivity contribution in [3.63, 3.8) is 0 Å². The molecule has 0 radical (unpaired) electrons. The van der Waals surface area contributed by atoms with E-state index in [0.29, 0.717) is 23.6 Å². The molecule has 1 aliphatic rings. The molecular weight excluding hydrogens is 368 g/mol. The number of amidine groups is 1. The van der Waals surface area contributed by atoms with E-state index in [1.165, 1.54) is 0 Å². The molecule has 2 unspecified atom stereocenters. The Morgan fingerprint density at radius 1 is 1.24 bits per heavy atom. The molecule has 152 valence electrons. The molecular formula is C22H26N4O3. The number of nitrogens with one attached hydrogen (secondary N) is 1. The Bertz CT molecular complexity index is 956. The number of ether oxygens (including phenoxy) is 1. The quantitative estimate of drug-likeness (QED) is 0.759. The second-order valence-corrected chi connectivity index (χ2v) is 7.61. The maximum atomic E-state index is 13.0. The number of hydrogen-bond donors (Lipinski definition) is 1. The molecule has 7 heteroatoms. The van der Waals surface area contributed by atoms with Gasteiger partial charge in [0.05, 0.1) is 11.3 Å². The zero-order valence-electron chi connectivity index (χ0n) is 17.4. The number of aromatic nitrogens is 2. The minimum Gasteiger partial charge on any atom is -0.452 e. The van der Waals surface area contributed by atoms with Crippen molar-refractivity contribution in [3.05, 3.63) is 59.2 Å². The highest BCUT2D eigenvalue weighted by Gasteiger charge is 2.43. The average Bonchev–Trinajstić information content (AvgIpc) is 3.03. The number of carbonyl (C=O) groups is 2. The Kier molecular flexibility index (Phi) is 5.77. The maximum Gasteiger partial charge on any atom is 0.341 e. The van der Waals surface area contributed by atoms with Gasteiger partial charge in [-0.05, 0) is 49.9 Å². The first-order valence-corrected chi connectivity index (χ1v) is 9.78. The first-order chi connectivity index (χ1) is 13.8. The number of amides is 1. The first-order valence-electron chi connectivity index (χ1n) is 9.78. The van der Waals surface area contributed by atoms with Crippen molar-refractivity contribution in [2.75, 3.05) is 0 Å². The van der Waals surface area contributed by atoms with Gasteiger partial charge in [0, 0.05) is 12.4 Å². The molecule has 0 saturated carbocycles. The summed E-state index contributed by atoms with van der Waals surface area (Å²) in [5, 5.41) is 2.79. The molecule has 0 spiro atoms. The van der Waals surface area contributed by atoms with E-state index in [9.17, 15) is 9.59 Å². The van der Waals surface area contributed by atoms with Crippen LogP contribution in [0.2, 0.25) is 0 Å². The van der Waals surface area contributed by atoms with E-state index < -0.39 is 17.6 Å². The number of nitrogens with zero attached hydrogens (tertiary/aromatic N) is 3. The normalized spacial score (nSPS) is 19.7. The highest BCUT2D eigenvalue weighted by Crippen LogP contribution is 2.28. The van der Waals surface area contributed by atoms with Gasteiger partial charge >= 0.3 is 5.97 Å². The molecule has 0 aromatic carbocycles. The van der Waals surface area contributed by atoms with Crippen molar-refractivity contribution < 1.29 is 14.3 Å². The SMILES string of the molecule is CCc1cnc(C2=NC(C)(C(C)C)C(=O)N2)c(C(=O)OC(C)c2ccccn2)c1. The molecule has 2 aromatic rings. The fourth-order valence-corrected chi connectivity index (χ4v) is 3.00. The molecule has 0 fully saturated rings. The topological polar surface area (TPSA) is 93.5 Å². The van der Waals surface area contributed by atoms with Crippen molar-refractivity contribution in [3.8, 4) is 0 Å². The number of carbonyl (C=O) groups excluding carboxylic acids is 2. The fraction of sp³-hybridized carbons (Fsp3) is 0.409. The van der Waals surface area contributed by atoms with Gasteiger partial charge in [0.1, 0.15) is 17.3 Å². The van der Waals surface area contributed by atoms with Crippen molar-refractivity contribution in [2.24, 2.45) is 10.9 Å². The Balaban J connectivity index is 1.96. The molecule has 29 heavy (non-hydrogen) atoms. The lowest BCUT2D eigenvalue weighted by Crippen LogP contribution is -2.41. The summed E-state index contributed by atoms with van der Waals surface area (Å²) >= 11 is 0. The second-order valence-electron chi connectivity index (χ2n) is 7.61. The first kappa shape index (κ1) is 20.6. The van der Waals surface area contributed by atoms with Crippen molar-refractivity contribution in [1.82, 2.24) is 15.3 Å². The van der Waals surface area contributed by atoms with Gasteiger partial charge in [-0.2, -0.15) is 0 Å². The summed E-state index contributed by atoms with van der Waals surface area (Å²) in [6.45, 7) is 9.39. The van der Waals surface area contributed by atoms with Gasteiger partial charge in [0.25, 0.3) is 5.91 Å². The predicted octanol–water partition coefficient (Wildman–Crippen LogP) is 3.25. The zero-order valence-corrected chi connectivity index (χ0v) is 17.4. The Morgan fingerprint density at radius 3 is 2.59 bits per heavy atom. The molecule has 2 atom stereocenters. The number of rotatable bonds is 6. The summed E-state index contributed by atoms with van der Waals surface area (Å²) in [6, 6.07) is 7.19. The third kappa shape index (κ3) is 4.04. The zero-order chi connectivity index (χ0) is 21.2.